The van der Waals surface area contributed by atoms with Crippen molar-refractivity contribution in [1.29, 1.82) is 0 Å². The number of aliphatic hydroxyl groups excluding tert-OH is 1. The fourth-order valence-electron chi connectivity index (χ4n) is 2.16. The number of aryl methyl sites for hydroxylation is 1. The summed E-state index contributed by atoms with van der Waals surface area (Å²) in [7, 11) is -3.49. The number of hydrogen-bond acceptors (Lipinski definition) is 4. The molecular weight excluding hydrogens is 252 g/mol. The minimum absolute atomic E-state index is 0.233. The van der Waals surface area contributed by atoms with Crippen LogP contribution in [0.2, 0.25) is 0 Å². The zero-order chi connectivity index (χ0) is 13.3. The van der Waals surface area contributed by atoms with Crippen LogP contribution in [0, 0.1) is 6.92 Å². The Kier molecular flexibility index (Phi) is 3.61. The van der Waals surface area contributed by atoms with Crippen LogP contribution < -0.4 is 5.73 Å². The molecule has 100 valence electrons. The summed E-state index contributed by atoms with van der Waals surface area (Å²) in [5.74, 6) is 0. The Morgan fingerprint density at radius 1 is 1.28 bits per heavy atom. The van der Waals surface area contributed by atoms with Crippen LogP contribution in [0.1, 0.15) is 18.4 Å². The molecule has 0 unspecified atom stereocenters. The van der Waals surface area contributed by atoms with Gasteiger partial charge in [0.15, 0.2) is 0 Å². The van der Waals surface area contributed by atoms with Gasteiger partial charge in [-0.1, -0.05) is 0 Å². The van der Waals surface area contributed by atoms with Crippen LogP contribution in [0.4, 0.5) is 5.69 Å². The van der Waals surface area contributed by atoms with Crippen LogP contribution >= 0.6 is 0 Å². The zero-order valence-electron chi connectivity index (χ0n) is 10.3. The smallest absolute Gasteiger partial charge is 0.243 e. The maximum absolute atomic E-state index is 12.4. The second-order valence-corrected chi connectivity index (χ2v) is 6.65. The van der Waals surface area contributed by atoms with Gasteiger partial charge < -0.3 is 10.8 Å². The number of benzene rings is 1. The molecule has 1 aromatic carbocycles. The quantitative estimate of drug-likeness (QED) is 0.776. The number of hydrogen-bond donors (Lipinski definition) is 2. The van der Waals surface area contributed by atoms with Gasteiger partial charge in [0.05, 0.1) is 11.0 Å². The van der Waals surface area contributed by atoms with Gasteiger partial charge in [-0.25, -0.2) is 8.42 Å². The van der Waals surface area contributed by atoms with E-state index in [9.17, 15) is 13.5 Å². The van der Waals surface area contributed by atoms with Gasteiger partial charge in [0.2, 0.25) is 10.0 Å². The van der Waals surface area contributed by atoms with Gasteiger partial charge in [-0.2, -0.15) is 4.31 Å². The fourth-order valence-corrected chi connectivity index (χ4v) is 3.77. The van der Waals surface area contributed by atoms with Crippen LogP contribution in [-0.4, -0.2) is 37.0 Å². The molecule has 1 heterocycles. The lowest BCUT2D eigenvalue weighted by atomic mass is 10.1. The maximum atomic E-state index is 12.4. The number of nitrogens with two attached hydrogens (primary N) is 1. The number of anilines is 1. The number of sulfonamides is 1. The van der Waals surface area contributed by atoms with E-state index in [4.69, 9.17) is 5.73 Å². The molecule has 18 heavy (non-hydrogen) atoms. The van der Waals surface area contributed by atoms with E-state index in [1.807, 2.05) is 6.92 Å². The van der Waals surface area contributed by atoms with E-state index in [2.05, 4.69) is 0 Å². The predicted octanol–water partition coefficient (Wildman–Crippen LogP) is 0.723. The molecule has 0 aromatic heterocycles. The highest BCUT2D eigenvalue weighted by Crippen LogP contribution is 2.23. The summed E-state index contributed by atoms with van der Waals surface area (Å²) in [6, 6.07) is 4.84. The van der Waals surface area contributed by atoms with Gasteiger partial charge in [0.25, 0.3) is 0 Å². The second kappa shape index (κ2) is 4.87. The summed E-state index contributed by atoms with van der Waals surface area (Å²) in [4.78, 5) is 0.233. The van der Waals surface area contributed by atoms with Crippen molar-refractivity contribution in [2.45, 2.75) is 30.8 Å². The molecule has 1 fully saturated rings. The Labute approximate surface area is 107 Å². The zero-order valence-corrected chi connectivity index (χ0v) is 11.2. The third kappa shape index (κ3) is 2.66. The van der Waals surface area contributed by atoms with Crippen molar-refractivity contribution in [3.05, 3.63) is 23.8 Å². The molecular formula is C12H18N2O3S. The first-order valence-corrected chi connectivity index (χ1v) is 7.39. The molecule has 1 aliphatic rings. The molecule has 6 heteroatoms. The Balaban J connectivity index is 2.30. The van der Waals surface area contributed by atoms with Crippen molar-refractivity contribution >= 4 is 15.7 Å². The molecule has 0 radical (unpaired) electrons. The van der Waals surface area contributed by atoms with Gasteiger partial charge in [-0.05, 0) is 43.5 Å². The summed E-state index contributed by atoms with van der Waals surface area (Å²) in [6.07, 6.45) is 0.583. The minimum Gasteiger partial charge on any atom is -0.399 e. The first-order chi connectivity index (χ1) is 8.39. The van der Waals surface area contributed by atoms with Crippen molar-refractivity contribution in [3.8, 4) is 0 Å². The molecule has 1 aromatic rings. The molecule has 3 N–H and O–H groups in total. The van der Waals surface area contributed by atoms with Crippen LogP contribution in [0.15, 0.2) is 23.1 Å². The topological polar surface area (TPSA) is 83.6 Å². The van der Waals surface area contributed by atoms with Crippen LogP contribution in [0.5, 0.6) is 0 Å². The van der Waals surface area contributed by atoms with E-state index < -0.39 is 10.0 Å². The average Bonchev–Trinajstić information content (AvgIpc) is 2.28. The molecule has 1 saturated heterocycles. The van der Waals surface area contributed by atoms with E-state index in [-0.39, 0.29) is 11.0 Å². The monoisotopic (exact) mass is 270 g/mol. The van der Waals surface area contributed by atoms with Crippen molar-refractivity contribution in [1.82, 2.24) is 4.31 Å². The largest absolute Gasteiger partial charge is 0.399 e. The molecule has 0 aliphatic carbocycles. The Hall–Kier alpha value is -1.11. The van der Waals surface area contributed by atoms with E-state index in [1.54, 1.807) is 12.1 Å². The lowest BCUT2D eigenvalue weighted by Gasteiger charge is -2.28. The van der Waals surface area contributed by atoms with E-state index in [0.717, 1.165) is 5.56 Å². The van der Waals surface area contributed by atoms with Crippen molar-refractivity contribution in [2.75, 3.05) is 18.8 Å². The Bertz CT molecular complexity index is 514. The summed E-state index contributed by atoms with van der Waals surface area (Å²) in [5.41, 5.74) is 6.96. The van der Waals surface area contributed by atoms with E-state index in [0.29, 0.717) is 31.6 Å². The summed E-state index contributed by atoms with van der Waals surface area (Å²) in [6.45, 7) is 2.53. The fraction of sp³-hybridized carbons (Fsp3) is 0.500. The lowest BCUT2D eigenvalue weighted by Crippen LogP contribution is -2.40. The van der Waals surface area contributed by atoms with Crippen LogP contribution in [-0.2, 0) is 10.0 Å². The first kappa shape index (κ1) is 13.3. The van der Waals surface area contributed by atoms with Gasteiger partial charge in [-0.15, -0.1) is 0 Å². The first-order valence-electron chi connectivity index (χ1n) is 5.95. The molecule has 1 aliphatic heterocycles. The number of aliphatic hydroxyl groups is 1. The van der Waals surface area contributed by atoms with Crippen LogP contribution in [0.3, 0.4) is 0 Å². The van der Waals surface area contributed by atoms with Gasteiger partial charge >= 0.3 is 0 Å². The van der Waals surface area contributed by atoms with Crippen molar-refractivity contribution in [2.24, 2.45) is 0 Å². The number of rotatable bonds is 2. The maximum Gasteiger partial charge on any atom is 0.243 e. The second-order valence-electron chi connectivity index (χ2n) is 4.71. The molecule has 0 amide bonds. The minimum atomic E-state index is -3.49. The highest BCUT2D eigenvalue weighted by atomic mass is 32.2. The highest BCUT2D eigenvalue weighted by molar-refractivity contribution is 7.89. The standard InChI is InChI=1S/C12H18N2O3S/c1-9-6-10(13)8-12(7-9)18(16,17)14-4-2-11(15)3-5-14/h6-8,11,15H,2-5,13H2,1H3. The molecule has 0 spiro atoms. The average molecular weight is 270 g/mol. The van der Waals surface area contributed by atoms with E-state index >= 15 is 0 Å². The molecule has 0 bridgehead atoms. The van der Waals surface area contributed by atoms with Gasteiger partial charge in [0, 0.05) is 18.8 Å². The molecule has 0 saturated carbocycles. The van der Waals surface area contributed by atoms with Crippen LogP contribution in [0.25, 0.3) is 0 Å². The molecule has 0 atom stereocenters. The predicted molar refractivity (Wildman–Crippen MR) is 69.6 cm³/mol. The summed E-state index contributed by atoms with van der Waals surface area (Å²) >= 11 is 0. The van der Waals surface area contributed by atoms with Gasteiger partial charge in [-0.3, -0.25) is 0 Å². The normalized spacial score (nSPS) is 19.0. The number of nitrogens with zero attached hydrogens (tertiary/aromatic N) is 1. The Morgan fingerprint density at radius 3 is 2.44 bits per heavy atom. The third-order valence-corrected chi connectivity index (χ3v) is 5.01. The highest BCUT2D eigenvalue weighted by Gasteiger charge is 2.28. The molecule has 2 rings (SSSR count). The molecule has 5 nitrogen and oxygen atoms in total. The SMILES string of the molecule is Cc1cc(N)cc(S(=O)(=O)N2CCC(O)CC2)c1. The summed E-state index contributed by atoms with van der Waals surface area (Å²) < 4.78 is 26.2. The summed E-state index contributed by atoms with van der Waals surface area (Å²) in [5, 5.41) is 9.41. The lowest BCUT2D eigenvalue weighted by molar-refractivity contribution is 0.113. The third-order valence-electron chi connectivity index (χ3n) is 3.13. The number of piperidine rings is 1. The Morgan fingerprint density at radius 2 is 1.89 bits per heavy atom. The van der Waals surface area contributed by atoms with E-state index in [1.165, 1.54) is 10.4 Å². The number of nitrogen functional groups attached to an aromatic ring is 1. The van der Waals surface area contributed by atoms with Gasteiger partial charge in [0.1, 0.15) is 0 Å². The van der Waals surface area contributed by atoms with Crippen molar-refractivity contribution in [3.63, 3.8) is 0 Å². The van der Waals surface area contributed by atoms with Crippen molar-refractivity contribution < 1.29 is 13.5 Å².